The SMILES string of the molecule is CC(C)(C)OC(=O)N1CCC2(CCN(CCOCCOCCOCCN)CC2)CC1. The van der Waals surface area contributed by atoms with Crippen molar-refractivity contribution in [2.24, 2.45) is 11.1 Å². The molecule has 2 aliphatic rings. The van der Waals surface area contributed by atoms with Gasteiger partial charge in [0.2, 0.25) is 0 Å². The largest absolute Gasteiger partial charge is 0.444 e. The van der Waals surface area contributed by atoms with Crippen LogP contribution in [-0.2, 0) is 18.9 Å². The second-order valence-electron chi connectivity index (χ2n) is 9.43. The summed E-state index contributed by atoms with van der Waals surface area (Å²) in [4.78, 5) is 16.6. The van der Waals surface area contributed by atoms with Crippen LogP contribution in [0.1, 0.15) is 46.5 Å². The molecule has 2 saturated heterocycles. The van der Waals surface area contributed by atoms with Gasteiger partial charge < -0.3 is 34.5 Å². The van der Waals surface area contributed by atoms with Gasteiger partial charge in [0, 0.05) is 26.2 Å². The van der Waals surface area contributed by atoms with Crippen molar-refractivity contribution < 1.29 is 23.7 Å². The van der Waals surface area contributed by atoms with E-state index in [1.165, 1.54) is 12.8 Å². The van der Waals surface area contributed by atoms with Crippen LogP contribution in [0.25, 0.3) is 0 Å². The van der Waals surface area contributed by atoms with Crippen molar-refractivity contribution in [2.75, 3.05) is 78.9 Å². The molecule has 176 valence electrons. The molecule has 0 aromatic rings. The lowest BCUT2D eigenvalue weighted by Crippen LogP contribution is -2.49. The molecule has 1 amide bonds. The van der Waals surface area contributed by atoms with Gasteiger partial charge in [-0.2, -0.15) is 0 Å². The van der Waals surface area contributed by atoms with E-state index < -0.39 is 5.60 Å². The molecular formula is C22H43N3O5. The zero-order chi connectivity index (χ0) is 21.9. The van der Waals surface area contributed by atoms with Crippen LogP contribution in [0.2, 0.25) is 0 Å². The minimum Gasteiger partial charge on any atom is -0.444 e. The number of carbonyl (C=O) groups excluding carboxylic acids is 1. The highest BCUT2D eigenvalue weighted by Crippen LogP contribution is 2.41. The Bertz CT molecular complexity index is 480. The van der Waals surface area contributed by atoms with E-state index >= 15 is 0 Å². The van der Waals surface area contributed by atoms with Crippen molar-refractivity contribution in [3.63, 3.8) is 0 Å². The van der Waals surface area contributed by atoms with Gasteiger partial charge in [-0.05, 0) is 65.0 Å². The molecule has 0 aromatic heterocycles. The first-order chi connectivity index (χ1) is 14.3. The number of likely N-dealkylation sites (tertiary alicyclic amines) is 2. The minimum absolute atomic E-state index is 0.168. The Kier molecular flexibility index (Phi) is 10.8. The summed E-state index contributed by atoms with van der Waals surface area (Å²) in [5, 5.41) is 0. The average molecular weight is 430 g/mol. The van der Waals surface area contributed by atoms with Gasteiger partial charge in [0.15, 0.2) is 0 Å². The Morgan fingerprint density at radius 1 is 0.833 bits per heavy atom. The molecule has 8 nitrogen and oxygen atoms in total. The van der Waals surface area contributed by atoms with Crippen LogP contribution >= 0.6 is 0 Å². The summed E-state index contributed by atoms with van der Waals surface area (Å²) in [6.07, 6.45) is 4.42. The number of carbonyl (C=O) groups is 1. The summed E-state index contributed by atoms with van der Waals surface area (Å²) < 4.78 is 21.9. The highest BCUT2D eigenvalue weighted by atomic mass is 16.6. The van der Waals surface area contributed by atoms with Crippen LogP contribution < -0.4 is 5.73 Å². The van der Waals surface area contributed by atoms with Gasteiger partial charge >= 0.3 is 6.09 Å². The predicted molar refractivity (Wildman–Crippen MR) is 117 cm³/mol. The summed E-state index contributed by atoms with van der Waals surface area (Å²) in [6.45, 7) is 14.9. The van der Waals surface area contributed by atoms with E-state index in [0.29, 0.717) is 45.0 Å². The van der Waals surface area contributed by atoms with Gasteiger partial charge in [-0.1, -0.05) is 0 Å². The molecule has 0 aromatic carbocycles. The zero-order valence-corrected chi connectivity index (χ0v) is 19.3. The lowest BCUT2D eigenvalue weighted by atomic mass is 9.71. The fraction of sp³-hybridized carbons (Fsp3) is 0.955. The molecule has 0 saturated carbocycles. The van der Waals surface area contributed by atoms with Gasteiger partial charge in [0.05, 0.1) is 39.6 Å². The van der Waals surface area contributed by atoms with E-state index in [9.17, 15) is 4.79 Å². The smallest absolute Gasteiger partial charge is 0.410 e. The third-order valence-corrected chi connectivity index (χ3v) is 5.95. The summed E-state index contributed by atoms with van der Waals surface area (Å²) in [6, 6.07) is 0. The third-order valence-electron chi connectivity index (χ3n) is 5.95. The van der Waals surface area contributed by atoms with Crippen molar-refractivity contribution in [2.45, 2.75) is 52.1 Å². The summed E-state index contributed by atoms with van der Waals surface area (Å²) in [5.41, 5.74) is 5.32. The maximum atomic E-state index is 12.3. The molecule has 0 unspecified atom stereocenters. The second kappa shape index (κ2) is 12.8. The molecule has 2 fully saturated rings. The standard InChI is InChI=1S/C22H43N3O5/c1-21(2,3)30-20(26)25-11-6-22(7-12-25)4-9-24(10-5-22)13-15-28-17-19-29-18-16-27-14-8-23/h4-19,23H2,1-3H3. The van der Waals surface area contributed by atoms with Crippen LogP contribution in [-0.4, -0.2) is 100 Å². The minimum atomic E-state index is -0.426. The maximum Gasteiger partial charge on any atom is 0.410 e. The van der Waals surface area contributed by atoms with Gasteiger partial charge in [-0.25, -0.2) is 4.79 Å². The first kappa shape index (κ1) is 25.3. The number of nitrogens with zero attached hydrogens (tertiary/aromatic N) is 2. The van der Waals surface area contributed by atoms with Gasteiger partial charge in [0.25, 0.3) is 0 Å². The zero-order valence-electron chi connectivity index (χ0n) is 19.3. The molecule has 2 heterocycles. The quantitative estimate of drug-likeness (QED) is 0.503. The highest BCUT2D eigenvalue weighted by molar-refractivity contribution is 5.68. The van der Waals surface area contributed by atoms with Crippen molar-refractivity contribution in [3.05, 3.63) is 0 Å². The molecule has 8 heteroatoms. The van der Waals surface area contributed by atoms with Gasteiger partial charge in [-0.15, -0.1) is 0 Å². The van der Waals surface area contributed by atoms with Crippen LogP contribution in [0.4, 0.5) is 4.79 Å². The fourth-order valence-electron chi connectivity index (χ4n) is 4.06. The molecule has 0 atom stereocenters. The van der Waals surface area contributed by atoms with E-state index in [1.807, 2.05) is 25.7 Å². The molecule has 2 aliphatic heterocycles. The molecule has 1 spiro atoms. The van der Waals surface area contributed by atoms with E-state index in [4.69, 9.17) is 24.7 Å². The van der Waals surface area contributed by atoms with Crippen molar-refractivity contribution in [3.8, 4) is 0 Å². The fourth-order valence-corrected chi connectivity index (χ4v) is 4.06. The number of hydrogen-bond acceptors (Lipinski definition) is 7. The van der Waals surface area contributed by atoms with Crippen LogP contribution in [0, 0.1) is 5.41 Å². The molecule has 30 heavy (non-hydrogen) atoms. The summed E-state index contributed by atoms with van der Waals surface area (Å²) in [7, 11) is 0. The Labute approximate surface area is 182 Å². The van der Waals surface area contributed by atoms with E-state index in [-0.39, 0.29) is 6.09 Å². The van der Waals surface area contributed by atoms with Crippen LogP contribution in [0.3, 0.4) is 0 Å². The molecule has 0 bridgehead atoms. The number of hydrogen-bond donors (Lipinski definition) is 1. The molecule has 2 N–H and O–H groups in total. The Hall–Kier alpha value is -0.930. The number of nitrogens with two attached hydrogens (primary N) is 1. The predicted octanol–water partition coefficient (Wildman–Crippen LogP) is 2.11. The van der Waals surface area contributed by atoms with Crippen molar-refractivity contribution in [1.29, 1.82) is 0 Å². The number of piperidine rings is 2. The first-order valence-corrected chi connectivity index (χ1v) is 11.5. The molecule has 0 aliphatic carbocycles. The second-order valence-corrected chi connectivity index (χ2v) is 9.43. The maximum absolute atomic E-state index is 12.3. The van der Waals surface area contributed by atoms with Gasteiger partial charge in [0.1, 0.15) is 5.60 Å². The van der Waals surface area contributed by atoms with Crippen molar-refractivity contribution in [1.82, 2.24) is 9.80 Å². The number of rotatable bonds is 11. The lowest BCUT2D eigenvalue weighted by Gasteiger charge is -2.46. The molecular weight excluding hydrogens is 386 g/mol. The van der Waals surface area contributed by atoms with E-state index in [0.717, 1.165) is 52.2 Å². The Morgan fingerprint density at radius 3 is 1.87 bits per heavy atom. The number of ether oxygens (including phenoxy) is 4. The lowest BCUT2D eigenvalue weighted by molar-refractivity contribution is -0.00956. The molecule has 2 rings (SSSR count). The Morgan fingerprint density at radius 2 is 1.33 bits per heavy atom. The van der Waals surface area contributed by atoms with Gasteiger partial charge in [-0.3, -0.25) is 0 Å². The average Bonchev–Trinajstić information content (AvgIpc) is 2.70. The van der Waals surface area contributed by atoms with Crippen LogP contribution in [0.15, 0.2) is 0 Å². The van der Waals surface area contributed by atoms with E-state index in [1.54, 1.807) is 0 Å². The third kappa shape index (κ3) is 9.47. The normalized spacial score (nSPS) is 19.9. The van der Waals surface area contributed by atoms with E-state index in [2.05, 4.69) is 4.90 Å². The highest BCUT2D eigenvalue weighted by Gasteiger charge is 2.39. The number of amides is 1. The Balaban J connectivity index is 1.51. The molecule has 0 radical (unpaired) electrons. The van der Waals surface area contributed by atoms with Crippen LogP contribution in [0.5, 0.6) is 0 Å². The summed E-state index contributed by atoms with van der Waals surface area (Å²) >= 11 is 0. The monoisotopic (exact) mass is 429 g/mol. The summed E-state index contributed by atoms with van der Waals surface area (Å²) in [5.74, 6) is 0. The first-order valence-electron chi connectivity index (χ1n) is 11.5. The van der Waals surface area contributed by atoms with Crippen molar-refractivity contribution >= 4 is 6.09 Å². The topological polar surface area (TPSA) is 86.5 Å².